The fraction of sp³-hybridized carbons (Fsp3) is 0.222. The zero-order valence-corrected chi connectivity index (χ0v) is 14.0. The summed E-state index contributed by atoms with van der Waals surface area (Å²) in [5, 5.41) is 0.545. The van der Waals surface area contributed by atoms with Crippen molar-refractivity contribution < 1.29 is 18.4 Å². The van der Waals surface area contributed by atoms with Crippen LogP contribution in [0.4, 0.5) is 8.78 Å². The first-order valence-corrected chi connectivity index (χ1v) is 8.12. The molecule has 0 saturated carbocycles. The van der Waals surface area contributed by atoms with Crippen molar-refractivity contribution in [2.75, 3.05) is 26.2 Å². The Bertz CT molecular complexity index is 803. The van der Waals surface area contributed by atoms with Crippen LogP contribution in [0.3, 0.4) is 0 Å². The van der Waals surface area contributed by atoms with Crippen molar-refractivity contribution in [3.63, 3.8) is 0 Å². The van der Waals surface area contributed by atoms with Gasteiger partial charge in [-0.1, -0.05) is 11.6 Å². The number of piperazine rings is 1. The lowest BCUT2D eigenvalue weighted by Gasteiger charge is -2.35. The largest absolute Gasteiger partial charge is 0.335 e. The Morgan fingerprint density at radius 2 is 1.40 bits per heavy atom. The van der Waals surface area contributed by atoms with Crippen molar-refractivity contribution in [2.45, 2.75) is 0 Å². The maximum atomic E-state index is 13.7. The van der Waals surface area contributed by atoms with Gasteiger partial charge in [-0.3, -0.25) is 9.59 Å². The van der Waals surface area contributed by atoms with Gasteiger partial charge < -0.3 is 9.80 Å². The zero-order chi connectivity index (χ0) is 18.0. The van der Waals surface area contributed by atoms with Crippen LogP contribution in [0.1, 0.15) is 20.7 Å². The molecule has 0 N–H and O–H groups in total. The van der Waals surface area contributed by atoms with Crippen molar-refractivity contribution in [1.82, 2.24) is 9.80 Å². The number of carbonyl (C=O) groups is 2. The van der Waals surface area contributed by atoms with Crippen LogP contribution in [0.25, 0.3) is 0 Å². The number of benzene rings is 2. The van der Waals surface area contributed by atoms with Gasteiger partial charge in [0, 0.05) is 36.8 Å². The van der Waals surface area contributed by atoms with Gasteiger partial charge in [-0.25, -0.2) is 8.78 Å². The van der Waals surface area contributed by atoms with Crippen LogP contribution in [-0.4, -0.2) is 47.8 Å². The van der Waals surface area contributed by atoms with Crippen LogP contribution in [0, 0.1) is 11.6 Å². The van der Waals surface area contributed by atoms with Gasteiger partial charge >= 0.3 is 0 Å². The summed E-state index contributed by atoms with van der Waals surface area (Å²) in [7, 11) is 0. The Balaban J connectivity index is 1.65. The monoisotopic (exact) mass is 364 g/mol. The van der Waals surface area contributed by atoms with Crippen molar-refractivity contribution in [3.05, 3.63) is 70.2 Å². The normalized spacial score (nSPS) is 14.5. The second kappa shape index (κ2) is 7.19. The molecule has 1 saturated heterocycles. The van der Waals surface area contributed by atoms with Crippen LogP contribution < -0.4 is 0 Å². The van der Waals surface area contributed by atoms with E-state index in [4.69, 9.17) is 11.6 Å². The summed E-state index contributed by atoms with van der Waals surface area (Å²) in [6.45, 7) is 1.16. The number of nitrogens with zero attached hydrogens (tertiary/aromatic N) is 2. The number of hydrogen-bond donors (Lipinski definition) is 0. The predicted molar refractivity (Wildman–Crippen MR) is 89.6 cm³/mol. The van der Waals surface area contributed by atoms with Gasteiger partial charge in [0.1, 0.15) is 11.6 Å². The Labute approximate surface area is 148 Å². The molecule has 4 nitrogen and oxygen atoms in total. The van der Waals surface area contributed by atoms with Gasteiger partial charge in [0.05, 0.1) is 5.56 Å². The minimum absolute atomic E-state index is 0.152. The molecule has 2 aromatic carbocycles. The first-order chi connectivity index (χ1) is 12.0. The van der Waals surface area contributed by atoms with Gasteiger partial charge in [-0.15, -0.1) is 0 Å². The van der Waals surface area contributed by atoms with Gasteiger partial charge in [0.25, 0.3) is 11.8 Å². The smallest absolute Gasteiger partial charge is 0.257 e. The van der Waals surface area contributed by atoms with Crippen LogP contribution in [0.5, 0.6) is 0 Å². The van der Waals surface area contributed by atoms with E-state index >= 15 is 0 Å². The standard InChI is InChI=1S/C18H15ClF2N2O2/c19-13-3-1-12(2-4-13)17(24)22-7-9-23(10-8-22)18(25)15-11-14(20)5-6-16(15)21/h1-6,11H,7-10H2. The van der Waals surface area contributed by atoms with Crippen LogP contribution >= 0.6 is 11.6 Å². The van der Waals surface area contributed by atoms with E-state index in [0.29, 0.717) is 23.7 Å². The Hall–Kier alpha value is -2.47. The molecule has 7 heteroatoms. The average Bonchev–Trinajstić information content (AvgIpc) is 2.63. The topological polar surface area (TPSA) is 40.6 Å². The number of halogens is 3. The van der Waals surface area contributed by atoms with E-state index in [2.05, 4.69) is 0 Å². The summed E-state index contributed by atoms with van der Waals surface area (Å²) in [6, 6.07) is 9.36. The minimum Gasteiger partial charge on any atom is -0.335 e. The molecule has 0 bridgehead atoms. The van der Waals surface area contributed by atoms with E-state index in [1.165, 1.54) is 4.90 Å². The molecular weight excluding hydrogens is 350 g/mol. The van der Waals surface area contributed by atoms with E-state index in [1.54, 1.807) is 29.2 Å². The molecule has 1 fully saturated rings. The molecule has 2 amide bonds. The Morgan fingerprint density at radius 3 is 2.00 bits per heavy atom. The third kappa shape index (κ3) is 3.79. The van der Waals surface area contributed by atoms with Crippen molar-refractivity contribution >= 4 is 23.4 Å². The van der Waals surface area contributed by atoms with E-state index in [0.717, 1.165) is 18.2 Å². The second-order valence-electron chi connectivity index (χ2n) is 5.72. The molecule has 3 rings (SSSR count). The fourth-order valence-electron chi connectivity index (χ4n) is 2.72. The zero-order valence-electron chi connectivity index (χ0n) is 13.2. The van der Waals surface area contributed by atoms with Crippen LogP contribution in [-0.2, 0) is 0 Å². The molecule has 0 spiro atoms. The lowest BCUT2D eigenvalue weighted by Crippen LogP contribution is -2.50. The summed E-state index contributed by atoms with van der Waals surface area (Å²) >= 11 is 5.81. The van der Waals surface area contributed by atoms with E-state index < -0.39 is 17.5 Å². The Morgan fingerprint density at radius 1 is 0.840 bits per heavy atom. The number of hydrogen-bond acceptors (Lipinski definition) is 2. The summed E-state index contributed by atoms with van der Waals surface area (Å²) in [6.07, 6.45) is 0. The molecule has 1 heterocycles. The molecule has 0 radical (unpaired) electrons. The maximum Gasteiger partial charge on any atom is 0.257 e. The number of rotatable bonds is 2. The Kier molecular flexibility index (Phi) is 4.99. The van der Waals surface area contributed by atoms with Gasteiger partial charge in [-0.2, -0.15) is 0 Å². The molecule has 0 aliphatic carbocycles. The summed E-state index contributed by atoms with van der Waals surface area (Å²) in [4.78, 5) is 27.8. The predicted octanol–water partition coefficient (Wildman–Crippen LogP) is 3.22. The van der Waals surface area contributed by atoms with E-state index in [9.17, 15) is 18.4 Å². The van der Waals surface area contributed by atoms with Crippen LogP contribution in [0.2, 0.25) is 5.02 Å². The lowest BCUT2D eigenvalue weighted by molar-refractivity contribution is 0.0532. The fourth-order valence-corrected chi connectivity index (χ4v) is 2.85. The van der Waals surface area contributed by atoms with Crippen molar-refractivity contribution in [2.24, 2.45) is 0 Å². The molecule has 1 aliphatic heterocycles. The van der Waals surface area contributed by atoms with E-state index in [-0.39, 0.29) is 24.6 Å². The summed E-state index contributed by atoms with van der Waals surface area (Å²) < 4.78 is 27.0. The number of carbonyl (C=O) groups excluding carboxylic acids is 2. The van der Waals surface area contributed by atoms with E-state index in [1.807, 2.05) is 0 Å². The highest BCUT2D eigenvalue weighted by Gasteiger charge is 2.27. The third-order valence-electron chi connectivity index (χ3n) is 4.10. The summed E-state index contributed by atoms with van der Waals surface area (Å²) in [5.41, 5.74) is 0.220. The molecule has 25 heavy (non-hydrogen) atoms. The lowest BCUT2D eigenvalue weighted by atomic mass is 10.1. The highest BCUT2D eigenvalue weighted by atomic mass is 35.5. The molecule has 130 valence electrons. The summed E-state index contributed by atoms with van der Waals surface area (Å²) in [5.74, 6) is -2.15. The SMILES string of the molecule is O=C(c1ccc(Cl)cc1)N1CCN(C(=O)c2cc(F)ccc2F)CC1. The first kappa shape index (κ1) is 17.4. The van der Waals surface area contributed by atoms with Crippen molar-refractivity contribution in [1.29, 1.82) is 0 Å². The molecule has 2 aromatic rings. The molecule has 0 atom stereocenters. The molecule has 1 aliphatic rings. The molecule has 0 aromatic heterocycles. The number of amides is 2. The quantitative estimate of drug-likeness (QED) is 0.821. The first-order valence-electron chi connectivity index (χ1n) is 7.75. The minimum atomic E-state index is -0.758. The van der Waals surface area contributed by atoms with Gasteiger partial charge in [0.2, 0.25) is 0 Å². The molecular formula is C18H15ClF2N2O2. The van der Waals surface area contributed by atoms with Crippen LogP contribution in [0.15, 0.2) is 42.5 Å². The van der Waals surface area contributed by atoms with Crippen molar-refractivity contribution in [3.8, 4) is 0 Å². The maximum absolute atomic E-state index is 13.7. The average molecular weight is 365 g/mol. The van der Waals surface area contributed by atoms with Gasteiger partial charge in [-0.05, 0) is 42.5 Å². The second-order valence-corrected chi connectivity index (χ2v) is 6.15. The van der Waals surface area contributed by atoms with Gasteiger partial charge in [0.15, 0.2) is 0 Å². The highest BCUT2D eigenvalue weighted by Crippen LogP contribution is 2.16. The molecule has 0 unspecified atom stereocenters. The highest BCUT2D eigenvalue weighted by molar-refractivity contribution is 6.30. The third-order valence-corrected chi connectivity index (χ3v) is 4.36.